The van der Waals surface area contributed by atoms with E-state index in [1.54, 1.807) is 43.3 Å². The maximum absolute atomic E-state index is 14.0. The lowest BCUT2D eigenvalue weighted by Crippen LogP contribution is -2.19. The van der Waals surface area contributed by atoms with Crippen LogP contribution in [0.15, 0.2) is 65.6 Å². The zero-order chi connectivity index (χ0) is 23.1. The Bertz CT molecular complexity index is 1570. The highest BCUT2D eigenvalue weighted by molar-refractivity contribution is 6.30. The number of benzene rings is 2. The molecule has 33 heavy (non-hydrogen) atoms. The number of nitrogens with zero attached hydrogens (tertiary/aromatic N) is 5. The van der Waals surface area contributed by atoms with E-state index in [2.05, 4.69) is 25.5 Å². The van der Waals surface area contributed by atoms with Gasteiger partial charge in [0, 0.05) is 11.1 Å². The molecular weight excluding hydrogens is 449 g/mol. The Morgan fingerprint density at radius 1 is 1.12 bits per heavy atom. The SMILES string of the molecule is Cc1cc(NC(=O)c2ccccc2F)n(-c2nc3c(cnn3-c3ccc(Cl)cc3)c(=O)[nH]2)n1. The second kappa shape index (κ2) is 7.99. The summed E-state index contributed by atoms with van der Waals surface area (Å²) in [4.78, 5) is 32.5. The Balaban J connectivity index is 1.59. The minimum atomic E-state index is -0.663. The maximum Gasteiger partial charge on any atom is 0.263 e. The highest BCUT2D eigenvalue weighted by Crippen LogP contribution is 2.20. The molecule has 2 N–H and O–H groups in total. The number of halogens is 2. The van der Waals surface area contributed by atoms with Crippen LogP contribution in [-0.4, -0.2) is 35.4 Å². The summed E-state index contributed by atoms with van der Waals surface area (Å²) in [6.07, 6.45) is 1.41. The number of H-pyrrole nitrogens is 1. The topological polar surface area (TPSA) is 110 Å². The average Bonchev–Trinajstić information content (AvgIpc) is 3.38. The molecule has 1 amide bonds. The number of amides is 1. The van der Waals surface area contributed by atoms with E-state index in [0.29, 0.717) is 16.4 Å². The molecule has 0 fully saturated rings. The first-order chi connectivity index (χ1) is 15.9. The van der Waals surface area contributed by atoms with Gasteiger partial charge in [-0.3, -0.25) is 14.6 Å². The highest BCUT2D eigenvalue weighted by Gasteiger charge is 2.18. The number of nitrogens with one attached hydrogen (secondary N) is 2. The summed E-state index contributed by atoms with van der Waals surface area (Å²) in [5.41, 5.74) is 0.932. The van der Waals surface area contributed by atoms with Crippen LogP contribution in [-0.2, 0) is 0 Å². The van der Waals surface area contributed by atoms with Gasteiger partial charge in [0.1, 0.15) is 17.0 Å². The van der Waals surface area contributed by atoms with E-state index in [1.165, 1.54) is 33.8 Å². The van der Waals surface area contributed by atoms with Gasteiger partial charge in [-0.25, -0.2) is 9.07 Å². The molecule has 3 heterocycles. The van der Waals surface area contributed by atoms with Gasteiger partial charge in [-0.1, -0.05) is 23.7 Å². The lowest BCUT2D eigenvalue weighted by Gasteiger charge is -2.09. The number of carbonyl (C=O) groups excluding carboxylic acids is 1. The van der Waals surface area contributed by atoms with Crippen molar-refractivity contribution in [2.75, 3.05) is 5.32 Å². The molecule has 0 spiro atoms. The van der Waals surface area contributed by atoms with E-state index in [4.69, 9.17) is 11.6 Å². The molecule has 164 valence electrons. The first kappa shape index (κ1) is 20.6. The fourth-order valence-electron chi connectivity index (χ4n) is 3.36. The van der Waals surface area contributed by atoms with Crippen molar-refractivity contribution >= 4 is 34.4 Å². The first-order valence-corrected chi connectivity index (χ1v) is 10.2. The Morgan fingerprint density at radius 2 is 1.88 bits per heavy atom. The summed E-state index contributed by atoms with van der Waals surface area (Å²) < 4.78 is 16.8. The van der Waals surface area contributed by atoms with Crippen LogP contribution in [0.1, 0.15) is 16.1 Å². The molecule has 3 aromatic heterocycles. The zero-order valence-electron chi connectivity index (χ0n) is 17.1. The Hall–Kier alpha value is -4.31. The number of aromatic nitrogens is 6. The summed E-state index contributed by atoms with van der Waals surface area (Å²) in [5, 5.41) is 12.0. The van der Waals surface area contributed by atoms with Crippen molar-refractivity contribution < 1.29 is 9.18 Å². The first-order valence-electron chi connectivity index (χ1n) is 9.77. The number of aromatic amines is 1. The molecule has 2 aromatic carbocycles. The quantitative estimate of drug-likeness (QED) is 0.422. The van der Waals surface area contributed by atoms with Crippen molar-refractivity contribution in [1.82, 2.24) is 29.5 Å². The van der Waals surface area contributed by atoms with Crippen molar-refractivity contribution in [1.29, 1.82) is 0 Å². The van der Waals surface area contributed by atoms with E-state index in [0.717, 1.165) is 0 Å². The van der Waals surface area contributed by atoms with Gasteiger partial charge in [-0.15, -0.1) is 0 Å². The summed E-state index contributed by atoms with van der Waals surface area (Å²) in [6.45, 7) is 1.71. The summed E-state index contributed by atoms with van der Waals surface area (Å²) in [7, 11) is 0. The molecule has 0 atom stereocenters. The molecule has 0 aliphatic heterocycles. The maximum atomic E-state index is 14.0. The van der Waals surface area contributed by atoms with Gasteiger partial charge in [-0.2, -0.15) is 19.9 Å². The van der Waals surface area contributed by atoms with Crippen LogP contribution in [0, 0.1) is 12.7 Å². The molecule has 9 nitrogen and oxygen atoms in total. The number of fused-ring (bicyclic) bond motifs is 1. The van der Waals surface area contributed by atoms with Crippen LogP contribution in [0.25, 0.3) is 22.7 Å². The van der Waals surface area contributed by atoms with Gasteiger partial charge < -0.3 is 5.32 Å². The van der Waals surface area contributed by atoms with E-state index >= 15 is 0 Å². The molecule has 5 rings (SSSR count). The number of hydrogen-bond donors (Lipinski definition) is 2. The molecule has 0 aliphatic carbocycles. The predicted octanol–water partition coefficient (Wildman–Crippen LogP) is 3.65. The summed E-state index contributed by atoms with van der Waals surface area (Å²) in [5.74, 6) is -1.05. The molecule has 0 bridgehead atoms. The van der Waals surface area contributed by atoms with Gasteiger partial charge >= 0.3 is 0 Å². The van der Waals surface area contributed by atoms with Crippen molar-refractivity contribution in [2.24, 2.45) is 0 Å². The fourth-order valence-corrected chi connectivity index (χ4v) is 3.48. The Kier molecular flexibility index (Phi) is 4.98. The van der Waals surface area contributed by atoms with Crippen LogP contribution in [0.3, 0.4) is 0 Å². The average molecular weight is 464 g/mol. The number of rotatable bonds is 4. The van der Waals surface area contributed by atoms with Crippen LogP contribution in [0.4, 0.5) is 10.2 Å². The lowest BCUT2D eigenvalue weighted by atomic mass is 10.2. The fraction of sp³-hybridized carbons (Fsp3) is 0.0455. The lowest BCUT2D eigenvalue weighted by molar-refractivity contribution is 0.102. The molecular formula is C22H15ClFN7O2. The van der Waals surface area contributed by atoms with Crippen LogP contribution < -0.4 is 10.9 Å². The molecule has 0 radical (unpaired) electrons. The standard InChI is InChI=1S/C22H15ClFN7O2/c1-12-10-18(26-20(32)15-4-2-3-5-17(15)24)31(29-12)22-27-19-16(21(33)28-22)11-25-30(19)14-8-6-13(23)7-9-14/h2-11H,1H3,(H,26,32)(H,27,28,33). The third-order valence-corrected chi connectivity index (χ3v) is 5.14. The second-order valence-corrected chi connectivity index (χ2v) is 7.61. The third kappa shape index (κ3) is 3.76. The van der Waals surface area contributed by atoms with Gasteiger partial charge in [-0.05, 0) is 43.3 Å². The van der Waals surface area contributed by atoms with E-state index < -0.39 is 17.3 Å². The van der Waals surface area contributed by atoms with Gasteiger partial charge in [0.25, 0.3) is 11.5 Å². The van der Waals surface area contributed by atoms with Gasteiger partial charge in [0.15, 0.2) is 5.65 Å². The van der Waals surface area contributed by atoms with Crippen molar-refractivity contribution in [2.45, 2.75) is 6.92 Å². The largest absolute Gasteiger partial charge is 0.306 e. The van der Waals surface area contributed by atoms with Crippen LogP contribution in [0.2, 0.25) is 5.02 Å². The molecule has 0 unspecified atom stereocenters. The number of hydrogen-bond acceptors (Lipinski definition) is 5. The highest BCUT2D eigenvalue weighted by atomic mass is 35.5. The normalized spacial score (nSPS) is 11.1. The van der Waals surface area contributed by atoms with Crippen molar-refractivity contribution in [3.05, 3.63) is 93.2 Å². The van der Waals surface area contributed by atoms with E-state index in [9.17, 15) is 14.0 Å². The molecule has 0 aliphatic rings. The summed E-state index contributed by atoms with van der Waals surface area (Å²) in [6, 6.07) is 14.1. The minimum Gasteiger partial charge on any atom is -0.306 e. The molecule has 11 heteroatoms. The van der Waals surface area contributed by atoms with Crippen LogP contribution in [0.5, 0.6) is 0 Å². The van der Waals surface area contributed by atoms with Crippen LogP contribution >= 0.6 is 11.6 Å². The van der Waals surface area contributed by atoms with Crippen molar-refractivity contribution in [3.63, 3.8) is 0 Å². The van der Waals surface area contributed by atoms with Gasteiger partial charge in [0.05, 0.1) is 23.1 Å². The monoisotopic (exact) mass is 463 g/mol. The van der Waals surface area contributed by atoms with Gasteiger partial charge in [0.2, 0.25) is 5.95 Å². The molecule has 0 saturated heterocycles. The Morgan fingerprint density at radius 3 is 2.64 bits per heavy atom. The molecule has 5 aromatic rings. The Labute approximate surface area is 190 Å². The number of carbonyl (C=O) groups is 1. The van der Waals surface area contributed by atoms with E-state index in [-0.39, 0.29) is 28.4 Å². The second-order valence-electron chi connectivity index (χ2n) is 7.18. The van der Waals surface area contributed by atoms with E-state index in [1.807, 2.05) is 0 Å². The number of anilines is 1. The summed E-state index contributed by atoms with van der Waals surface area (Å²) >= 11 is 5.97. The minimum absolute atomic E-state index is 0.0557. The predicted molar refractivity (Wildman–Crippen MR) is 121 cm³/mol. The van der Waals surface area contributed by atoms with Crippen molar-refractivity contribution in [3.8, 4) is 11.6 Å². The molecule has 0 saturated carbocycles. The smallest absolute Gasteiger partial charge is 0.263 e. The zero-order valence-corrected chi connectivity index (χ0v) is 17.8. The number of aryl methyl sites for hydroxylation is 1. The third-order valence-electron chi connectivity index (χ3n) is 4.89.